The fourth-order valence-electron chi connectivity index (χ4n) is 2.49. The molecule has 0 radical (unpaired) electrons. The average molecular weight is 269 g/mol. The van der Waals surface area contributed by atoms with Gasteiger partial charge in [-0.25, -0.2) is 0 Å². The van der Waals surface area contributed by atoms with Crippen molar-refractivity contribution in [3.63, 3.8) is 0 Å². The van der Waals surface area contributed by atoms with Crippen LogP contribution in [0.15, 0.2) is 18.2 Å². The summed E-state index contributed by atoms with van der Waals surface area (Å²) in [6.07, 6.45) is 1.40. The minimum absolute atomic E-state index is 0.287. The van der Waals surface area contributed by atoms with Gasteiger partial charge in [-0.3, -0.25) is 4.79 Å². The minimum Gasteiger partial charge on any atom is -0.495 e. The van der Waals surface area contributed by atoms with Crippen molar-refractivity contribution in [1.29, 1.82) is 0 Å². The summed E-state index contributed by atoms with van der Waals surface area (Å²) in [6, 6.07) is 5.45. The topological polar surface area (TPSA) is 64.3 Å². The van der Waals surface area contributed by atoms with Crippen LogP contribution in [0, 0.1) is 0 Å². The first-order valence-electron chi connectivity index (χ1n) is 5.95. The van der Waals surface area contributed by atoms with E-state index in [2.05, 4.69) is 5.32 Å². The molecule has 0 saturated carbocycles. The second-order valence-electron chi connectivity index (χ2n) is 4.55. The van der Waals surface area contributed by atoms with E-state index in [0.717, 1.165) is 18.7 Å². The quantitative estimate of drug-likeness (QED) is 0.872. The highest BCUT2D eigenvalue weighted by Crippen LogP contribution is 2.37. The Labute approximate surface area is 111 Å². The molecule has 1 fully saturated rings. The second kappa shape index (κ2) is 5.16. The Bertz CT molecular complexity index is 456. The molecule has 1 aliphatic rings. The van der Waals surface area contributed by atoms with Gasteiger partial charge in [0.25, 0.3) is 0 Å². The molecule has 1 aromatic carbocycles. The van der Waals surface area contributed by atoms with E-state index >= 15 is 0 Å². The number of carbonyl (C=O) groups excluding carboxylic acids is 1. The number of hydrogen-bond acceptors (Lipinski definition) is 3. The van der Waals surface area contributed by atoms with Gasteiger partial charge < -0.3 is 15.8 Å². The summed E-state index contributed by atoms with van der Waals surface area (Å²) in [5.41, 5.74) is 5.88. The first kappa shape index (κ1) is 13.2. The highest BCUT2D eigenvalue weighted by molar-refractivity contribution is 6.32. The molecule has 1 saturated heterocycles. The van der Waals surface area contributed by atoms with Crippen LogP contribution in [-0.2, 0) is 10.2 Å². The summed E-state index contributed by atoms with van der Waals surface area (Å²) in [6.45, 7) is 1.57. The molecule has 1 aromatic rings. The number of benzene rings is 1. The van der Waals surface area contributed by atoms with Gasteiger partial charge in [-0.05, 0) is 43.6 Å². The van der Waals surface area contributed by atoms with Crippen LogP contribution in [-0.4, -0.2) is 26.1 Å². The van der Waals surface area contributed by atoms with Crippen molar-refractivity contribution >= 4 is 17.5 Å². The molecule has 0 aromatic heterocycles. The van der Waals surface area contributed by atoms with Gasteiger partial charge in [-0.1, -0.05) is 17.7 Å². The Morgan fingerprint density at radius 2 is 2.11 bits per heavy atom. The minimum atomic E-state index is -0.610. The summed E-state index contributed by atoms with van der Waals surface area (Å²) in [5, 5.41) is 3.74. The molecule has 4 nitrogen and oxygen atoms in total. The Balaban J connectivity index is 2.43. The van der Waals surface area contributed by atoms with E-state index in [4.69, 9.17) is 22.1 Å². The Morgan fingerprint density at radius 3 is 2.61 bits per heavy atom. The standard InChI is InChI=1S/C13H17ClN2O2/c1-18-11-3-2-9(8-10(11)14)13(12(15)17)4-6-16-7-5-13/h2-3,8,16H,4-7H2,1H3,(H2,15,17). The van der Waals surface area contributed by atoms with E-state index < -0.39 is 5.41 Å². The summed E-state index contributed by atoms with van der Waals surface area (Å²) in [5.74, 6) is 0.319. The Hall–Kier alpha value is -1.26. The molecule has 5 heteroatoms. The maximum Gasteiger partial charge on any atom is 0.228 e. The second-order valence-corrected chi connectivity index (χ2v) is 4.95. The number of primary amides is 1. The van der Waals surface area contributed by atoms with Crippen LogP contribution in [0.1, 0.15) is 18.4 Å². The van der Waals surface area contributed by atoms with Crippen LogP contribution in [0.5, 0.6) is 5.75 Å². The monoisotopic (exact) mass is 268 g/mol. The summed E-state index contributed by atoms with van der Waals surface area (Å²) in [7, 11) is 1.56. The van der Waals surface area contributed by atoms with E-state index in [1.54, 1.807) is 19.2 Å². The number of amides is 1. The fraction of sp³-hybridized carbons (Fsp3) is 0.462. The molecule has 2 rings (SSSR count). The smallest absolute Gasteiger partial charge is 0.228 e. The highest BCUT2D eigenvalue weighted by atomic mass is 35.5. The van der Waals surface area contributed by atoms with Gasteiger partial charge in [0.1, 0.15) is 5.75 Å². The number of nitrogens with one attached hydrogen (secondary N) is 1. The van der Waals surface area contributed by atoms with Crippen molar-refractivity contribution < 1.29 is 9.53 Å². The molecule has 18 heavy (non-hydrogen) atoms. The van der Waals surface area contributed by atoms with E-state index in [1.807, 2.05) is 6.07 Å². The predicted molar refractivity (Wildman–Crippen MR) is 71.0 cm³/mol. The van der Waals surface area contributed by atoms with E-state index in [0.29, 0.717) is 23.6 Å². The Kier molecular flexibility index (Phi) is 3.78. The van der Waals surface area contributed by atoms with Crippen LogP contribution < -0.4 is 15.8 Å². The van der Waals surface area contributed by atoms with Crippen molar-refractivity contribution in [2.24, 2.45) is 5.73 Å². The molecule has 98 valence electrons. The van der Waals surface area contributed by atoms with Crippen LogP contribution in [0.3, 0.4) is 0 Å². The SMILES string of the molecule is COc1ccc(C2(C(N)=O)CCNCC2)cc1Cl. The largest absolute Gasteiger partial charge is 0.495 e. The lowest BCUT2D eigenvalue weighted by Gasteiger charge is -2.35. The summed E-state index contributed by atoms with van der Waals surface area (Å²) >= 11 is 6.12. The van der Waals surface area contributed by atoms with Gasteiger partial charge in [0, 0.05) is 0 Å². The van der Waals surface area contributed by atoms with Gasteiger partial charge >= 0.3 is 0 Å². The average Bonchev–Trinajstić information content (AvgIpc) is 2.39. The van der Waals surface area contributed by atoms with Gasteiger partial charge in [0.05, 0.1) is 17.5 Å². The molecular formula is C13H17ClN2O2. The third-order valence-corrected chi connectivity index (χ3v) is 3.93. The van der Waals surface area contributed by atoms with Crippen LogP contribution >= 0.6 is 11.6 Å². The third kappa shape index (κ3) is 2.18. The van der Waals surface area contributed by atoms with Gasteiger partial charge in [0.2, 0.25) is 5.91 Å². The molecular weight excluding hydrogens is 252 g/mol. The van der Waals surface area contributed by atoms with Crippen molar-refractivity contribution in [2.45, 2.75) is 18.3 Å². The maximum absolute atomic E-state index is 11.9. The fourth-order valence-corrected chi connectivity index (χ4v) is 2.75. The lowest BCUT2D eigenvalue weighted by atomic mass is 9.72. The lowest BCUT2D eigenvalue weighted by Crippen LogP contribution is -2.48. The predicted octanol–water partition coefficient (Wildman–Crippen LogP) is 1.46. The molecule has 3 N–H and O–H groups in total. The van der Waals surface area contributed by atoms with Gasteiger partial charge in [-0.15, -0.1) is 0 Å². The molecule has 1 heterocycles. The van der Waals surface area contributed by atoms with Crippen molar-refractivity contribution in [1.82, 2.24) is 5.32 Å². The molecule has 1 amide bonds. The molecule has 0 unspecified atom stereocenters. The maximum atomic E-state index is 11.9. The van der Waals surface area contributed by atoms with E-state index in [-0.39, 0.29) is 5.91 Å². The zero-order valence-corrected chi connectivity index (χ0v) is 11.1. The van der Waals surface area contributed by atoms with Gasteiger partial charge in [-0.2, -0.15) is 0 Å². The van der Waals surface area contributed by atoms with E-state index in [1.165, 1.54) is 0 Å². The lowest BCUT2D eigenvalue weighted by molar-refractivity contribution is -0.124. The number of rotatable bonds is 3. The van der Waals surface area contributed by atoms with Crippen LogP contribution in [0.2, 0.25) is 5.02 Å². The first-order valence-corrected chi connectivity index (χ1v) is 6.32. The molecule has 1 aliphatic heterocycles. The van der Waals surface area contributed by atoms with Crippen molar-refractivity contribution in [2.75, 3.05) is 20.2 Å². The number of carbonyl (C=O) groups is 1. The van der Waals surface area contributed by atoms with Crippen molar-refractivity contribution in [3.8, 4) is 5.75 Å². The number of halogens is 1. The first-order chi connectivity index (χ1) is 8.60. The normalized spacial score (nSPS) is 18.3. The molecule has 0 bridgehead atoms. The number of nitrogens with two attached hydrogens (primary N) is 1. The summed E-state index contributed by atoms with van der Waals surface area (Å²) in [4.78, 5) is 11.9. The van der Waals surface area contributed by atoms with E-state index in [9.17, 15) is 4.79 Å². The van der Waals surface area contributed by atoms with Gasteiger partial charge in [0.15, 0.2) is 0 Å². The number of hydrogen-bond donors (Lipinski definition) is 2. The Morgan fingerprint density at radius 1 is 1.44 bits per heavy atom. The van der Waals surface area contributed by atoms with Crippen LogP contribution in [0.25, 0.3) is 0 Å². The summed E-state index contributed by atoms with van der Waals surface area (Å²) < 4.78 is 5.12. The number of ether oxygens (including phenoxy) is 1. The third-order valence-electron chi connectivity index (χ3n) is 3.63. The zero-order chi connectivity index (χ0) is 13.2. The number of piperidine rings is 1. The zero-order valence-electron chi connectivity index (χ0n) is 10.3. The highest BCUT2D eigenvalue weighted by Gasteiger charge is 2.39. The van der Waals surface area contributed by atoms with Crippen LogP contribution in [0.4, 0.5) is 0 Å². The molecule has 0 aliphatic carbocycles. The van der Waals surface area contributed by atoms with Crippen molar-refractivity contribution in [3.05, 3.63) is 28.8 Å². The molecule has 0 spiro atoms. The molecule has 0 atom stereocenters. The number of methoxy groups -OCH3 is 1.